The van der Waals surface area contributed by atoms with Crippen molar-refractivity contribution < 1.29 is 9.53 Å². The highest BCUT2D eigenvalue weighted by Crippen LogP contribution is 2.30. The van der Waals surface area contributed by atoms with Crippen LogP contribution in [0.15, 0.2) is 36.4 Å². The minimum Gasteiger partial charge on any atom is -0.456 e. The Kier molecular flexibility index (Phi) is 3.94. The smallest absolute Gasteiger partial charge is 0.254 e. The van der Waals surface area contributed by atoms with Gasteiger partial charge in [-0.15, -0.1) is 0 Å². The van der Waals surface area contributed by atoms with Crippen LogP contribution in [-0.4, -0.2) is 13.0 Å². The second kappa shape index (κ2) is 5.65. The average molecular weight is 270 g/mol. The number of ether oxygens (including phenoxy) is 1. The van der Waals surface area contributed by atoms with Gasteiger partial charge in [0, 0.05) is 18.8 Å². The molecule has 0 heterocycles. The number of nitrogens with one attached hydrogen (secondary N) is 1. The van der Waals surface area contributed by atoms with Gasteiger partial charge in [0.15, 0.2) is 0 Å². The molecule has 0 radical (unpaired) electrons. The zero-order valence-corrected chi connectivity index (χ0v) is 11.9. The van der Waals surface area contributed by atoms with Crippen LogP contribution in [0, 0.1) is 13.8 Å². The highest BCUT2D eigenvalue weighted by Gasteiger charge is 2.13. The third-order valence-corrected chi connectivity index (χ3v) is 3.03. The van der Waals surface area contributed by atoms with Crippen molar-refractivity contribution >= 4 is 11.6 Å². The molecule has 0 fully saturated rings. The van der Waals surface area contributed by atoms with Crippen LogP contribution >= 0.6 is 0 Å². The van der Waals surface area contributed by atoms with Crippen LogP contribution < -0.4 is 15.8 Å². The van der Waals surface area contributed by atoms with E-state index in [4.69, 9.17) is 10.5 Å². The van der Waals surface area contributed by atoms with Gasteiger partial charge in [-0.3, -0.25) is 4.79 Å². The SMILES string of the molecule is CNC(=O)c1ccc(N)cc1Oc1ccc(C)cc1C. The van der Waals surface area contributed by atoms with Gasteiger partial charge in [0.1, 0.15) is 11.5 Å². The van der Waals surface area contributed by atoms with Crippen molar-refractivity contribution in [2.24, 2.45) is 0 Å². The number of aryl methyl sites for hydroxylation is 2. The molecule has 0 spiro atoms. The van der Waals surface area contributed by atoms with Crippen molar-refractivity contribution in [2.45, 2.75) is 13.8 Å². The molecule has 4 heteroatoms. The quantitative estimate of drug-likeness (QED) is 0.842. The molecule has 20 heavy (non-hydrogen) atoms. The fourth-order valence-corrected chi connectivity index (χ4v) is 1.98. The second-order valence-electron chi connectivity index (χ2n) is 4.71. The van der Waals surface area contributed by atoms with Crippen LogP contribution in [0.1, 0.15) is 21.5 Å². The molecule has 0 atom stereocenters. The number of hydrogen-bond donors (Lipinski definition) is 2. The number of anilines is 1. The second-order valence-corrected chi connectivity index (χ2v) is 4.71. The molecule has 0 aliphatic heterocycles. The molecule has 1 amide bonds. The Labute approximate surface area is 118 Å². The van der Waals surface area contributed by atoms with Crippen molar-refractivity contribution in [1.29, 1.82) is 0 Å². The van der Waals surface area contributed by atoms with Gasteiger partial charge in [0.05, 0.1) is 5.56 Å². The van der Waals surface area contributed by atoms with Gasteiger partial charge < -0.3 is 15.8 Å². The first-order valence-electron chi connectivity index (χ1n) is 6.38. The van der Waals surface area contributed by atoms with Crippen LogP contribution in [0.4, 0.5) is 5.69 Å². The summed E-state index contributed by atoms with van der Waals surface area (Å²) < 4.78 is 5.86. The predicted molar refractivity (Wildman–Crippen MR) is 80.2 cm³/mol. The Morgan fingerprint density at radius 2 is 1.85 bits per heavy atom. The molecule has 0 unspecified atom stereocenters. The highest BCUT2D eigenvalue weighted by molar-refractivity contribution is 5.97. The third kappa shape index (κ3) is 2.91. The number of benzene rings is 2. The minimum absolute atomic E-state index is 0.204. The number of rotatable bonds is 3. The largest absolute Gasteiger partial charge is 0.456 e. The molecule has 2 aromatic rings. The van der Waals surface area contributed by atoms with Gasteiger partial charge in [0.25, 0.3) is 5.91 Å². The average Bonchev–Trinajstić information content (AvgIpc) is 2.41. The summed E-state index contributed by atoms with van der Waals surface area (Å²) in [5.41, 5.74) is 8.96. The molecule has 0 aliphatic carbocycles. The molecular weight excluding hydrogens is 252 g/mol. The fourth-order valence-electron chi connectivity index (χ4n) is 1.98. The molecule has 0 saturated heterocycles. The summed E-state index contributed by atoms with van der Waals surface area (Å²) in [6.45, 7) is 3.99. The first-order chi connectivity index (χ1) is 9.51. The molecule has 2 rings (SSSR count). The van der Waals surface area contributed by atoms with Gasteiger partial charge >= 0.3 is 0 Å². The van der Waals surface area contributed by atoms with E-state index in [0.717, 1.165) is 11.1 Å². The number of nitrogens with two attached hydrogens (primary N) is 1. The Morgan fingerprint density at radius 3 is 2.50 bits per heavy atom. The number of hydrogen-bond acceptors (Lipinski definition) is 3. The Balaban J connectivity index is 2.41. The van der Waals surface area contributed by atoms with Crippen LogP contribution in [0.2, 0.25) is 0 Å². The molecule has 2 aromatic carbocycles. The Morgan fingerprint density at radius 1 is 1.10 bits per heavy atom. The monoisotopic (exact) mass is 270 g/mol. The van der Waals surface area contributed by atoms with Gasteiger partial charge in [-0.1, -0.05) is 17.7 Å². The summed E-state index contributed by atoms with van der Waals surface area (Å²) in [7, 11) is 1.58. The normalized spacial score (nSPS) is 10.2. The van der Waals surface area contributed by atoms with E-state index in [2.05, 4.69) is 5.32 Å². The maximum atomic E-state index is 11.8. The maximum absolute atomic E-state index is 11.8. The summed E-state index contributed by atoms with van der Waals surface area (Å²) in [5, 5.41) is 2.59. The fraction of sp³-hybridized carbons (Fsp3) is 0.188. The number of nitrogen functional groups attached to an aromatic ring is 1. The van der Waals surface area contributed by atoms with E-state index in [1.54, 1.807) is 25.2 Å². The van der Waals surface area contributed by atoms with E-state index in [1.807, 2.05) is 32.0 Å². The lowest BCUT2D eigenvalue weighted by Crippen LogP contribution is -2.18. The van der Waals surface area contributed by atoms with E-state index in [9.17, 15) is 4.79 Å². The molecule has 3 N–H and O–H groups in total. The van der Waals surface area contributed by atoms with E-state index >= 15 is 0 Å². The minimum atomic E-state index is -0.204. The van der Waals surface area contributed by atoms with Crippen molar-refractivity contribution in [2.75, 3.05) is 12.8 Å². The van der Waals surface area contributed by atoms with Crippen LogP contribution in [0.25, 0.3) is 0 Å². The highest BCUT2D eigenvalue weighted by atomic mass is 16.5. The zero-order valence-electron chi connectivity index (χ0n) is 11.9. The van der Waals surface area contributed by atoms with Gasteiger partial charge in [-0.25, -0.2) is 0 Å². The van der Waals surface area contributed by atoms with E-state index in [1.165, 1.54) is 0 Å². The molecule has 0 saturated carbocycles. The Bertz CT molecular complexity index is 651. The van der Waals surface area contributed by atoms with Gasteiger partial charge in [0.2, 0.25) is 0 Å². The van der Waals surface area contributed by atoms with Crippen LogP contribution in [0.5, 0.6) is 11.5 Å². The van der Waals surface area contributed by atoms with E-state index < -0.39 is 0 Å². The molecule has 0 bridgehead atoms. The van der Waals surface area contributed by atoms with Gasteiger partial charge in [-0.2, -0.15) is 0 Å². The van der Waals surface area contributed by atoms with Crippen LogP contribution in [-0.2, 0) is 0 Å². The molecule has 104 valence electrons. The number of carbonyl (C=O) groups excluding carboxylic acids is 1. The summed E-state index contributed by atoms with van der Waals surface area (Å²) >= 11 is 0. The first kappa shape index (κ1) is 13.9. The summed E-state index contributed by atoms with van der Waals surface area (Å²) in [6.07, 6.45) is 0. The molecular formula is C16H18N2O2. The van der Waals surface area contributed by atoms with Crippen molar-refractivity contribution in [3.8, 4) is 11.5 Å². The number of carbonyl (C=O) groups is 1. The van der Waals surface area contributed by atoms with Crippen molar-refractivity contribution in [1.82, 2.24) is 5.32 Å². The van der Waals surface area contributed by atoms with E-state index in [0.29, 0.717) is 22.7 Å². The first-order valence-corrected chi connectivity index (χ1v) is 6.38. The lowest BCUT2D eigenvalue weighted by molar-refractivity contribution is 0.0961. The molecule has 0 aliphatic rings. The third-order valence-electron chi connectivity index (χ3n) is 3.03. The topological polar surface area (TPSA) is 64.4 Å². The zero-order chi connectivity index (χ0) is 14.7. The van der Waals surface area contributed by atoms with Crippen molar-refractivity contribution in [3.63, 3.8) is 0 Å². The van der Waals surface area contributed by atoms with E-state index in [-0.39, 0.29) is 5.91 Å². The standard InChI is InChI=1S/C16H18N2O2/c1-10-4-7-14(11(2)8-10)20-15-9-12(17)5-6-13(15)16(19)18-3/h4-9H,17H2,1-3H3,(H,18,19). The summed E-state index contributed by atoms with van der Waals surface area (Å²) in [6, 6.07) is 10.9. The Hall–Kier alpha value is -2.49. The molecule has 0 aromatic heterocycles. The van der Waals surface area contributed by atoms with Gasteiger partial charge in [-0.05, 0) is 37.6 Å². The summed E-state index contributed by atoms with van der Waals surface area (Å²) in [5.74, 6) is 0.965. The number of amides is 1. The molecule has 4 nitrogen and oxygen atoms in total. The summed E-state index contributed by atoms with van der Waals surface area (Å²) in [4.78, 5) is 11.8. The predicted octanol–water partition coefficient (Wildman–Crippen LogP) is 3.04. The lowest BCUT2D eigenvalue weighted by atomic mass is 10.1. The van der Waals surface area contributed by atoms with Crippen molar-refractivity contribution in [3.05, 3.63) is 53.1 Å². The maximum Gasteiger partial charge on any atom is 0.254 e. The lowest BCUT2D eigenvalue weighted by Gasteiger charge is -2.13. The van der Waals surface area contributed by atoms with Crippen LogP contribution in [0.3, 0.4) is 0 Å².